The van der Waals surface area contributed by atoms with Gasteiger partial charge in [-0.25, -0.2) is 9.37 Å². The van der Waals surface area contributed by atoms with Crippen LogP contribution in [0.1, 0.15) is 38.8 Å². The fourth-order valence-electron chi connectivity index (χ4n) is 2.99. The highest BCUT2D eigenvalue weighted by Gasteiger charge is 2.27. The van der Waals surface area contributed by atoms with E-state index in [1.54, 1.807) is 32.2 Å². The van der Waals surface area contributed by atoms with Gasteiger partial charge in [0.2, 0.25) is 0 Å². The summed E-state index contributed by atoms with van der Waals surface area (Å²) in [6.07, 6.45) is 0. The van der Waals surface area contributed by atoms with Crippen LogP contribution in [0.5, 0.6) is 0 Å². The molecule has 0 aliphatic carbocycles. The highest BCUT2D eigenvalue weighted by atomic mass is 32.2. The first-order chi connectivity index (χ1) is 13.5. The number of benzene rings is 2. The molecule has 29 heavy (non-hydrogen) atoms. The van der Waals surface area contributed by atoms with Crippen molar-refractivity contribution in [3.8, 4) is 11.4 Å². The summed E-state index contributed by atoms with van der Waals surface area (Å²) in [6.45, 7) is 9.20. The zero-order chi connectivity index (χ0) is 21.5. The molecule has 0 bridgehead atoms. The molecular weight excluding hydrogens is 389 g/mol. The summed E-state index contributed by atoms with van der Waals surface area (Å²) < 4.78 is 31.5. The van der Waals surface area contributed by atoms with Crippen molar-refractivity contribution >= 4 is 28.0 Å². The minimum Gasteiger partial charge on any atom is -0.591 e. The standard InChI is InChI=1S/C22H24FN3O2S/c1-13-10-17(14(2)25-29(28)22(3,4)5)19-18(11-13)21(27)26(6)20(24-19)15-8-7-9-16(23)12-15/h7-12H,1-6H3/b25-14-/t29-/m1/s1. The molecule has 3 aromatic rings. The Morgan fingerprint density at radius 1 is 1.24 bits per heavy atom. The van der Waals surface area contributed by atoms with Crippen molar-refractivity contribution in [2.45, 2.75) is 39.4 Å². The van der Waals surface area contributed by atoms with Gasteiger partial charge in [-0.3, -0.25) is 9.36 Å². The second-order valence-corrected chi connectivity index (χ2v) is 9.96. The Labute approximate surface area is 172 Å². The molecule has 0 aliphatic heterocycles. The predicted octanol–water partition coefficient (Wildman–Crippen LogP) is 4.32. The van der Waals surface area contributed by atoms with Gasteiger partial charge in [0.25, 0.3) is 5.56 Å². The van der Waals surface area contributed by atoms with Crippen LogP contribution in [0.4, 0.5) is 4.39 Å². The van der Waals surface area contributed by atoms with E-state index >= 15 is 0 Å². The molecule has 0 radical (unpaired) electrons. The molecule has 1 atom stereocenters. The molecular formula is C22H24FN3O2S. The molecule has 0 unspecified atom stereocenters. The number of halogens is 1. The van der Waals surface area contributed by atoms with E-state index in [0.717, 1.165) is 5.56 Å². The van der Waals surface area contributed by atoms with Crippen LogP contribution < -0.4 is 5.56 Å². The Bertz CT molecular complexity index is 1180. The topological polar surface area (TPSA) is 70.3 Å². The molecule has 0 N–H and O–H groups in total. The lowest BCUT2D eigenvalue weighted by atomic mass is 10.0. The third-order valence-corrected chi connectivity index (χ3v) is 6.03. The molecule has 5 nitrogen and oxygen atoms in total. The Morgan fingerprint density at radius 3 is 2.55 bits per heavy atom. The van der Waals surface area contributed by atoms with Crippen molar-refractivity contribution in [3.05, 3.63) is 63.7 Å². The van der Waals surface area contributed by atoms with Gasteiger partial charge in [0.1, 0.15) is 27.8 Å². The summed E-state index contributed by atoms with van der Waals surface area (Å²) in [7, 11) is 1.62. The lowest BCUT2D eigenvalue weighted by Crippen LogP contribution is -2.27. The number of hydrogen-bond donors (Lipinski definition) is 0. The van der Waals surface area contributed by atoms with Crippen LogP contribution in [0, 0.1) is 12.7 Å². The molecule has 2 aromatic carbocycles. The van der Waals surface area contributed by atoms with Crippen molar-refractivity contribution < 1.29 is 8.94 Å². The van der Waals surface area contributed by atoms with Crippen molar-refractivity contribution in [1.29, 1.82) is 0 Å². The number of rotatable bonds is 3. The van der Waals surface area contributed by atoms with Gasteiger partial charge >= 0.3 is 0 Å². The van der Waals surface area contributed by atoms with Crippen molar-refractivity contribution in [2.75, 3.05) is 0 Å². The third-order valence-electron chi connectivity index (χ3n) is 4.54. The molecule has 1 aromatic heterocycles. The van der Waals surface area contributed by atoms with E-state index in [1.165, 1.54) is 16.7 Å². The van der Waals surface area contributed by atoms with Crippen molar-refractivity contribution in [2.24, 2.45) is 11.4 Å². The number of fused-ring (bicyclic) bond motifs is 1. The summed E-state index contributed by atoms with van der Waals surface area (Å²) in [6, 6.07) is 9.63. The van der Waals surface area contributed by atoms with E-state index in [2.05, 4.69) is 4.40 Å². The van der Waals surface area contributed by atoms with Gasteiger partial charge in [0, 0.05) is 18.2 Å². The van der Waals surface area contributed by atoms with Gasteiger partial charge in [-0.2, -0.15) is 0 Å². The molecule has 0 fully saturated rings. The fourth-order valence-corrected chi connectivity index (χ4v) is 3.61. The van der Waals surface area contributed by atoms with Gasteiger partial charge in [0.05, 0.1) is 16.6 Å². The second-order valence-electron chi connectivity index (χ2n) is 8.06. The number of aryl methyl sites for hydroxylation is 1. The van der Waals surface area contributed by atoms with Crippen LogP contribution in [-0.4, -0.2) is 24.6 Å². The Hall–Kier alpha value is -2.51. The van der Waals surface area contributed by atoms with E-state index in [1.807, 2.05) is 33.8 Å². The quantitative estimate of drug-likeness (QED) is 0.474. The van der Waals surface area contributed by atoms with Gasteiger partial charge in [-0.05, 0) is 64.4 Å². The van der Waals surface area contributed by atoms with Crippen molar-refractivity contribution in [3.63, 3.8) is 0 Å². The molecule has 0 saturated heterocycles. The lowest BCUT2D eigenvalue weighted by Gasteiger charge is -2.19. The van der Waals surface area contributed by atoms with Crippen LogP contribution in [0.2, 0.25) is 0 Å². The summed E-state index contributed by atoms with van der Waals surface area (Å²) in [5.74, 6) is -0.0452. The molecule has 152 valence electrons. The van der Waals surface area contributed by atoms with Gasteiger partial charge in [-0.1, -0.05) is 16.5 Å². The third kappa shape index (κ3) is 4.26. The average molecular weight is 414 g/mol. The zero-order valence-corrected chi connectivity index (χ0v) is 18.2. The average Bonchev–Trinajstić information content (AvgIpc) is 2.63. The fraction of sp³-hybridized carbons (Fsp3) is 0.318. The maximum atomic E-state index is 13.7. The first kappa shape index (κ1) is 21.2. The summed E-state index contributed by atoms with van der Waals surface area (Å²) in [5.41, 5.74) is 2.80. The minimum atomic E-state index is -1.44. The normalized spacial score (nSPS) is 13.7. The Morgan fingerprint density at radius 2 is 1.93 bits per heavy atom. The van der Waals surface area contributed by atoms with Crippen LogP contribution in [0.15, 0.2) is 45.6 Å². The molecule has 0 saturated carbocycles. The highest BCUT2D eigenvalue weighted by Crippen LogP contribution is 2.24. The molecule has 7 heteroatoms. The predicted molar refractivity (Wildman–Crippen MR) is 117 cm³/mol. The van der Waals surface area contributed by atoms with E-state index in [-0.39, 0.29) is 5.56 Å². The smallest absolute Gasteiger partial charge is 0.261 e. The number of hydrogen-bond acceptors (Lipinski definition) is 4. The highest BCUT2D eigenvalue weighted by molar-refractivity contribution is 7.91. The molecule has 0 amide bonds. The minimum absolute atomic E-state index is 0.232. The molecule has 3 rings (SSSR count). The first-order valence-electron chi connectivity index (χ1n) is 9.24. The monoisotopic (exact) mass is 413 g/mol. The molecule has 1 heterocycles. The van der Waals surface area contributed by atoms with Crippen LogP contribution >= 0.6 is 0 Å². The maximum absolute atomic E-state index is 13.7. The van der Waals surface area contributed by atoms with Crippen molar-refractivity contribution in [1.82, 2.24) is 9.55 Å². The maximum Gasteiger partial charge on any atom is 0.261 e. The van der Waals surface area contributed by atoms with E-state index in [4.69, 9.17) is 4.98 Å². The van der Waals surface area contributed by atoms with E-state index in [9.17, 15) is 13.7 Å². The summed E-state index contributed by atoms with van der Waals surface area (Å²) >= 11 is -1.44. The zero-order valence-electron chi connectivity index (χ0n) is 17.4. The molecule has 0 spiro atoms. The molecule has 0 aliphatic rings. The Balaban J connectivity index is 2.32. The largest absolute Gasteiger partial charge is 0.591 e. The lowest BCUT2D eigenvalue weighted by molar-refractivity contribution is 0.561. The van der Waals surface area contributed by atoms with Crippen LogP contribution in [0.25, 0.3) is 22.3 Å². The number of aromatic nitrogens is 2. The van der Waals surface area contributed by atoms with Crippen LogP contribution in [-0.2, 0) is 18.4 Å². The Kier molecular flexibility index (Phi) is 5.65. The SMILES string of the molecule is C/C(=N/[S@+]([O-])C(C)(C)C)c1cc(C)cc2c(=O)n(C)c(-c3cccc(F)c3)nc12. The van der Waals surface area contributed by atoms with E-state index < -0.39 is 21.9 Å². The van der Waals surface area contributed by atoms with Gasteiger partial charge in [0.15, 0.2) is 0 Å². The number of nitrogens with zero attached hydrogens (tertiary/aromatic N) is 3. The first-order valence-corrected chi connectivity index (χ1v) is 10.3. The summed E-state index contributed by atoms with van der Waals surface area (Å²) in [5, 5.41) is 0.443. The van der Waals surface area contributed by atoms with Crippen LogP contribution in [0.3, 0.4) is 0 Å². The van der Waals surface area contributed by atoms with Gasteiger partial charge in [-0.15, -0.1) is 0 Å². The second kappa shape index (κ2) is 7.72. The van der Waals surface area contributed by atoms with E-state index in [0.29, 0.717) is 33.6 Å². The van der Waals surface area contributed by atoms with Gasteiger partial charge < -0.3 is 4.55 Å². The summed E-state index contributed by atoms with van der Waals surface area (Å²) in [4.78, 5) is 17.7.